The van der Waals surface area contributed by atoms with E-state index < -0.39 is 17.8 Å². The lowest BCUT2D eigenvalue weighted by molar-refractivity contribution is -0.146. The molecule has 4 N–H and O–H groups in total. The Kier molecular flexibility index (Phi) is 7.57. The summed E-state index contributed by atoms with van der Waals surface area (Å²) in [7, 11) is 0. The van der Waals surface area contributed by atoms with E-state index in [1.807, 2.05) is 67.8 Å². The van der Waals surface area contributed by atoms with Crippen molar-refractivity contribution in [1.29, 1.82) is 0 Å². The predicted octanol–water partition coefficient (Wildman–Crippen LogP) is 1.96. The number of amides is 1. The van der Waals surface area contributed by atoms with E-state index in [0.29, 0.717) is 22.0 Å². The maximum atomic E-state index is 11.6. The van der Waals surface area contributed by atoms with Crippen molar-refractivity contribution >= 4 is 91.3 Å². The molecule has 0 aromatic heterocycles. The Balaban J connectivity index is 3.03. The third-order valence-corrected chi connectivity index (χ3v) is 6.07. The zero-order valence-electron chi connectivity index (χ0n) is 11.2. The molecule has 7 nitrogen and oxygen atoms in total. The van der Waals surface area contributed by atoms with E-state index >= 15 is 0 Å². The topological polar surface area (TPSA) is 119 Å². The Morgan fingerprint density at radius 1 is 1.18 bits per heavy atom. The van der Waals surface area contributed by atoms with Gasteiger partial charge >= 0.3 is 11.9 Å². The number of nitrogens with one attached hydrogen (secondary N) is 1. The number of carbonyl (C=O) groups excluding carboxylic acids is 2. The smallest absolute Gasteiger partial charge is 0.337 e. The molecule has 0 unspecified atom stereocenters. The molecule has 0 saturated carbocycles. The van der Waals surface area contributed by atoms with Crippen LogP contribution in [0.2, 0.25) is 0 Å². The minimum atomic E-state index is -1.08. The van der Waals surface area contributed by atoms with Gasteiger partial charge in [0.15, 0.2) is 6.61 Å². The largest absolute Gasteiger partial charge is 0.478 e. The summed E-state index contributed by atoms with van der Waals surface area (Å²) in [6.07, 6.45) is 0. The summed E-state index contributed by atoms with van der Waals surface area (Å²) in [5, 5.41) is 11.9. The first-order valence-corrected chi connectivity index (χ1v) is 8.98. The molecule has 1 rings (SSSR count). The van der Waals surface area contributed by atoms with Crippen LogP contribution in [0.15, 0.2) is 0 Å². The number of aromatic carboxylic acids is 1. The van der Waals surface area contributed by atoms with Gasteiger partial charge in [-0.05, 0) is 67.8 Å². The third kappa shape index (κ3) is 4.81. The standard InChI is InChI=1S/C12H11I3N2O5/c1-4(18)22-3-6(19)17-2-5-8(13)7(12(20)21)10(15)11(16)9(5)14/h2-3,16H2,1H3,(H,17,19)(H,20,21). The minimum absolute atomic E-state index is 0.0953. The molecule has 22 heavy (non-hydrogen) atoms. The molecule has 0 aliphatic heterocycles. The van der Waals surface area contributed by atoms with Gasteiger partial charge in [-0.2, -0.15) is 0 Å². The van der Waals surface area contributed by atoms with Gasteiger partial charge in [0.2, 0.25) is 0 Å². The van der Waals surface area contributed by atoms with Gasteiger partial charge in [0, 0.05) is 26.2 Å². The van der Waals surface area contributed by atoms with Crippen LogP contribution >= 0.6 is 67.8 Å². The molecule has 1 aromatic carbocycles. The van der Waals surface area contributed by atoms with Crippen molar-refractivity contribution in [2.75, 3.05) is 12.3 Å². The van der Waals surface area contributed by atoms with Crippen LogP contribution in [0.4, 0.5) is 5.69 Å². The van der Waals surface area contributed by atoms with Gasteiger partial charge in [-0.1, -0.05) is 0 Å². The maximum absolute atomic E-state index is 11.6. The van der Waals surface area contributed by atoms with Crippen molar-refractivity contribution in [3.63, 3.8) is 0 Å². The second kappa shape index (κ2) is 8.47. The molecule has 0 radical (unpaired) electrons. The molecule has 1 amide bonds. The lowest BCUT2D eigenvalue weighted by Gasteiger charge is -2.15. The van der Waals surface area contributed by atoms with Crippen LogP contribution < -0.4 is 11.1 Å². The number of carboxylic acid groups (broad SMARTS) is 1. The lowest BCUT2D eigenvalue weighted by Crippen LogP contribution is -2.29. The Morgan fingerprint density at radius 2 is 1.77 bits per heavy atom. The molecular weight excluding hydrogens is 633 g/mol. The number of benzene rings is 1. The van der Waals surface area contributed by atoms with Crippen LogP contribution in [0.25, 0.3) is 0 Å². The molecule has 0 saturated heterocycles. The average Bonchev–Trinajstić information content (AvgIpc) is 2.42. The summed E-state index contributed by atoms with van der Waals surface area (Å²) in [6.45, 7) is 0.921. The number of ether oxygens (including phenoxy) is 1. The van der Waals surface area contributed by atoms with Gasteiger partial charge in [0.05, 0.1) is 14.8 Å². The summed E-state index contributed by atoms with van der Waals surface area (Å²) in [6, 6.07) is 0. The number of halogens is 3. The number of esters is 1. The molecule has 10 heteroatoms. The Hall–Kier alpha value is -0.380. The second-order valence-electron chi connectivity index (χ2n) is 4.07. The van der Waals surface area contributed by atoms with Gasteiger partial charge in [-0.25, -0.2) is 4.79 Å². The zero-order chi connectivity index (χ0) is 17.0. The molecule has 0 bridgehead atoms. The van der Waals surface area contributed by atoms with Crippen LogP contribution in [-0.4, -0.2) is 29.6 Å². The summed E-state index contributed by atoms with van der Waals surface area (Å²) < 4.78 is 6.25. The zero-order valence-corrected chi connectivity index (χ0v) is 17.7. The third-order valence-electron chi connectivity index (χ3n) is 2.52. The molecule has 0 heterocycles. The van der Waals surface area contributed by atoms with Crippen molar-refractivity contribution in [2.45, 2.75) is 13.5 Å². The minimum Gasteiger partial charge on any atom is -0.478 e. The molecule has 0 spiro atoms. The number of rotatable bonds is 5. The predicted molar refractivity (Wildman–Crippen MR) is 104 cm³/mol. The van der Waals surface area contributed by atoms with Crippen molar-refractivity contribution in [1.82, 2.24) is 5.32 Å². The molecular formula is C12H11I3N2O5. The summed E-state index contributed by atoms with van der Waals surface area (Å²) in [5.74, 6) is -2.11. The van der Waals surface area contributed by atoms with Gasteiger partial charge in [0.1, 0.15) is 0 Å². The molecule has 120 valence electrons. The van der Waals surface area contributed by atoms with Gasteiger partial charge in [-0.3, -0.25) is 9.59 Å². The SMILES string of the molecule is CC(=O)OCC(=O)NCc1c(I)c(N)c(I)c(C(=O)O)c1I. The van der Waals surface area contributed by atoms with Crippen LogP contribution in [0.5, 0.6) is 0 Å². The fraction of sp³-hybridized carbons (Fsp3) is 0.250. The number of anilines is 1. The monoisotopic (exact) mass is 644 g/mol. The van der Waals surface area contributed by atoms with Crippen molar-refractivity contribution in [3.05, 3.63) is 21.8 Å². The van der Waals surface area contributed by atoms with E-state index in [9.17, 15) is 19.5 Å². The van der Waals surface area contributed by atoms with Crippen molar-refractivity contribution in [2.24, 2.45) is 0 Å². The lowest BCUT2D eigenvalue weighted by atomic mass is 10.1. The van der Waals surface area contributed by atoms with E-state index in [0.717, 1.165) is 0 Å². The summed E-state index contributed by atoms with van der Waals surface area (Å²) in [5.41, 5.74) is 7.03. The van der Waals surface area contributed by atoms with Crippen LogP contribution in [-0.2, 0) is 20.9 Å². The average molecular weight is 644 g/mol. The number of nitrogens with two attached hydrogens (primary N) is 1. The normalized spacial score (nSPS) is 10.2. The maximum Gasteiger partial charge on any atom is 0.337 e. The fourth-order valence-electron chi connectivity index (χ4n) is 1.49. The fourth-order valence-corrected chi connectivity index (χ4v) is 5.49. The second-order valence-corrected chi connectivity index (χ2v) is 7.31. The molecule has 1 aromatic rings. The Labute approximate surface area is 167 Å². The number of hydrogen-bond donors (Lipinski definition) is 3. The van der Waals surface area contributed by atoms with Crippen molar-refractivity contribution < 1.29 is 24.2 Å². The molecule has 0 fully saturated rings. The van der Waals surface area contributed by atoms with E-state index in [2.05, 4.69) is 10.1 Å². The van der Waals surface area contributed by atoms with Gasteiger partial charge < -0.3 is 20.9 Å². The quantitative estimate of drug-likeness (QED) is 0.257. The van der Waals surface area contributed by atoms with Crippen LogP contribution in [0.3, 0.4) is 0 Å². The number of hydrogen-bond acceptors (Lipinski definition) is 5. The highest BCUT2D eigenvalue weighted by atomic mass is 127. The highest BCUT2D eigenvalue weighted by Crippen LogP contribution is 2.33. The van der Waals surface area contributed by atoms with E-state index in [1.165, 1.54) is 6.92 Å². The Bertz CT molecular complexity index is 648. The van der Waals surface area contributed by atoms with Gasteiger partial charge in [-0.15, -0.1) is 0 Å². The first kappa shape index (κ1) is 19.7. The van der Waals surface area contributed by atoms with Crippen LogP contribution in [0, 0.1) is 10.7 Å². The molecule has 0 atom stereocenters. The number of carboxylic acids is 1. The Morgan fingerprint density at radius 3 is 2.27 bits per heavy atom. The van der Waals surface area contributed by atoms with Crippen molar-refractivity contribution in [3.8, 4) is 0 Å². The summed E-state index contributed by atoms with van der Waals surface area (Å²) in [4.78, 5) is 33.6. The molecule has 0 aliphatic rings. The van der Waals surface area contributed by atoms with Crippen LogP contribution in [0.1, 0.15) is 22.8 Å². The highest BCUT2D eigenvalue weighted by Gasteiger charge is 2.23. The first-order chi connectivity index (χ1) is 10.2. The summed E-state index contributed by atoms with van der Waals surface area (Å²) >= 11 is 5.82. The number of carbonyl (C=O) groups is 3. The van der Waals surface area contributed by atoms with E-state index in [1.54, 1.807) is 0 Å². The molecule has 0 aliphatic carbocycles. The first-order valence-electron chi connectivity index (χ1n) is 5.75. The van der Waals surface area contributed by atoms with Gasteiger partial charge in [0.25, 0.3) is 5.91 Å². The van der Waals surface area contributed by atoms with E-state index in [4.69, 9.17) is 5.73 Å². The van der Waals surface area contributed by atoms with E-state index in [-0.39, 0.29) is 18.7 Å². The highest BCUT2D eigenvalue weighted by molar-refractivity contribution is 14.1. The number of nitrogen functional groups attached to an aromatic ring is 1.